The van der Waals surface area contributed by atoms with Gasteiger partial charge in [0.15, 0.2) is 0 Å². The van der Waals surface area contributed by atoms with Gasteiger partial charge in [0.05, 0.1) is 19.1 Å². The Bertz CT molecular complexity index is 952. The highest BCUT2D eigenvalue weighted by molar-refractivity contribution is 6.30. The number of unbranched alkanes of at least 4 members (excludes halogenated alkanes) is 1. The van der Waals surface area contributed by atoms with Gasteiger partial charge in [-0.05, 0) is 55.5 Å². The minimum atomic E-state index is -1.01. The Kier molecular flexibility index (Phi) is 12.1. The number of carbonyl (C=O) groups excluding carboxylic acids is 2. The molecule has 3 rings (SSSR count). The van der Waals surface area contributed by atoms with Crippen LogP contribution in [-0.2, 0) is 19.1 Å². The van der Waals surface area contributed by atoms with E-state index < -0.39 is 23.9 Å². The number of esters is 1. The lowest BCUT2D eigenvalue weighted by Gasteiger charge is -2.42. The van der Waals surface area contributed by atoms with Crippen LogP contribution in [-0.4, -0.2) is 40.5 Å². The molecule has 8 heteroatoms. The summed E-state index contributed by atoms with van der Waals surface area (Å²) in [7, 11) is 0. The Morgan fingerprint density at radius 2 is 1.66 bits per heavy atom. The first-order valence-corrected chi connectivity index (χ1v) is 12.7. The average molecular weight is 522 g/mol. The lowest BCUT2D eigenvalue weighted by atomic mass is 9.85. The summed E-state index contributed by atoms with van der Waals surface area (Å²) in [5.74, 6) is -2.37. The van der Waals surface area contributed by atoms with Crippen LogP contribution in [0.4, 0.5) is 0 Å². The standard InChI is InChI=1S/C21H28ClNO5.C6H5Cl/c1-3-5-12-28-21(27)17(4-2)23-18(14-6-9-16(22)10-7-14)11-8-15(20(23)26)13-19(24)25;7-6-4-2-1-3-5-6/h6-7,9-10,15,17-18H,3-5,8,11-13H2,1-2H3,(H,24,25);1-5H/t15?,17?,18-;/m0./s1. The maximum absolute atomic E-state index is 13.2. The fourth-order valence-electron chi connectivity index (χ4n) is 4.07. The van der Waals surface area contributed by atoms with Gasteiger partial charge in [0.1, 0.15) is 6.04 Å². The number of benzene rings is 2. The number of amides is 1. The Hall–Kier alpha value is -2.57. The number of hydrogen-bond donors (Lipinski definition) is 1. The molecule has 6 nitrogen and oxygen atoms in total. The van der Waals surface area contributed by atoms with Gasteiger partial charge in [-0.15, -0.1) is 0 Å². The third-order valence-corrected chi connectivity index (χ3v) is 6.38. The number of ether oxygens (including phenoxy) is 1. The Morgan fingerprint density at radius 3 is 2.17 bits per heavy atom. The van der Waals surface area contributed by atoms with Crippen molar-refractivity contribution >= 4 is 41.0 Å². The number of aliphatic carboxylic acids is 1. The summed E-state index contributed by atoms with van der Waals surface area (Å²) in [4.78, 5) is 38.6. The fourth-order valence-corrected chi connectivity index (χ4v) is 4.35. The van der Waals surface area contributed by atoms with Crippen molar-refractivity contribution in [1.82, 2.24) is 4.90 Å². The number of hydrogen-bond acceptors (Lipinski definition) is 4. The van der Waals surface area contributed by atoms with E-state index in [0.717, 1.165) is 23.4 Å². The van der Waals surface area contributed by atoms with Crippen molar-refractivity contribution < 1.29 is 24.2 Å². The Balaban J connectivity index is 0.000000527. The van der Waals surface area contributed by atoms with Crippen LogP contribution in [0.25, 0.3) is 0 Å². The van der Waals surface area contributed by atoms with Crippen molar-refractivity contribution in [3.63, 3.8) is 0 Å². The molecule has 2 unspecified atom stereocenters. The van der Waals surface area contributed by atoms with E-state index in [4.69, 9.17) is 33.0 Å². The number of nitrogens with zero attached hydrogens (tertiary/aromatic N) is 1. The van der Waals surface area contributed by atoms with Crippen molar-refractivity contribution in [3.8, 4) is 0 Å². The lowest BCUT2D eigenvalue weighted by molar-refractivity contribution is -0.163. The summed E-state index contributed by atoms with van der Waals surface area (Å²) in [5.41, 5.74) is 0.881. The minimum absolute atomic E-state index is 0.232. The molecule has 0 saturated carbocycles. The van der Waals surface area contributed by atoms with Gasteiger partial charge in [0.25, 0.3) is 0 Å². The van der Waals surface area contributed by atoms with E-state index in [1.807, 2.05) is 56.3 Å². The lowest BCUT2D eigenvalue weighted by Crippen LogP contribution is -2.52. The Morgan fingerprint density at radius 1 is 1.03 bits per heavy atom. The molecule has 0 radical (unpaired) electrons. The Labute approximate surface area is 217 Å². The highest BCUT2D eigenvalue weighted by atomic mass is 35.5. The predicted octanol–water partition coefficient (Wildman–Crippen LogP) is 6.56. The summed E-state index contributed by atoms with van der Waals surface area (Å²) in [6, 6.07) is 15.6. The number of carboxylic acids is 1. The number of likely N-dealkylation sites (tertiary alicyclic amines) is 1. The zero-order valence-corrected chi connectivity index (χ0v) is 21.7. The summed E-state index contributed by atoms with van der Waals surface area (Å²) in [6.45, 7) is 4.16. The molecule has 1 aliphatic heterocycles. The molecule has 35 heavy (non-hydrogen) atoms. The molecule has 0 spiro atoms. The van der Waals surface area contributed by atoms with E-state index in [2.05, 4.69) is 0 Å². The van der Waals surface area contributed by atoms with Crippen molar-refractivity contribution in [2.45, 2.75) is 64.5 Å². The number of rotatable bonds is 9. The molecule has 0 aliphatic carbocycles. The van der Waals surface area contributed by atoms with Gasteiger partial charge >= 0.3 is 11.9 Å². The summed E-state index contributed by atoms with van der Waals surface area (Å²) >= 11 is 11.5. The number of carbonyl (C=O) groups is 3. The third kappa shape index (κ3) is 8.86. The van der Waals surface area contributed by atoms with Crippen molar-refractivity contribution in [2.24, 2.45) is 5.92 Å². The highest BCUT2D eigenvalue weighted by Gasteiger charge is 2.42. The van der Waals surface area contributed by atoms with Crippen LogP contribution < -0.4 is 0 Å². The van der Waals surface area contributed by atoms with Crippen LogP contribution >= 0.6 is 23.2 Å². The van der Waals surface area contributed by atoms with Crippen LogP contribution in [0.1, 0.15) is 64.0 Å². The second kappa shape index (κ2) is 14.7. The molecule has 0 bridgehead atoms. The first-order valence-electron chi connectivity index (χ1n) is 11.9. The second-order valence-electron chi connectivity index (χ2n) is 8.43. The first kappa shape index (κ1) is 28.7. The van der Waals surface area contributed by atoms with E-state index in [9.17, 15) is 14.4 Å². The SMILES string of the molecule is CCCCOC(=O)C(CC)N1C(=O)C(CC(=O)O)CC[C@H]1c1ccc(Cl)cc1.Clc1ccccc1. The molecule has 2 aromatic rings. The fraction of sp³-hybridized carbons (Fsp3) is 0.444. The summed E-state index contributed by atoms with van der Waals surface area (Å²) in [6.07, 6.45) is 2.89. The highest BCUT2D eigenvalue weighted by Crippen LogP contribution is 2.38. The normalized spacial score (nSPS) is 18.3. The van der Waals surface area contributed by atoms with E-state index in [-0.39, 0.29) is 18.4 Å². The molecule has 3 atom stereocenters. The van der Waals surface area contributed by atoms with Gasteiger partial charge in [-0.1, -0.05) is 73.8 Å². The van der Waals surface area contributed by atoms with Crippen molar-refractivity contribution in [3.05, 3.63) is 70.2 Å². The van der Waals surface area contributed by atoms with E-state index in [1.165, 1.54) is 0 Å². The van der Waals surface area contributed by atoms with E-state index in [1.54, 1.807) is 17.0 Å². The van der Waals surface area contributed by atoms with Gasteiger partial charge in [-0.2, -0.15) is 0 Å². The maximum Gasteiger partial charge on any atom is 0.328 e. The van der Waals surface area contributed by atoms with Crippen molar-refractivity contribution in [2.75, 3.05) is 6.61 Å². The zero-order valence-electron chi connectivity index (χ0n) is 20.2. The number of carboxylic acid groups (broad SMARTS) is 1. The molecule has 1 N–H and O–H groups in total. The average Bonchev–Trinajstić information content (AvgIpc) is 2.83. The monoisotopic (exact) mass is 521 g/mol. The quantitative estimate of drug-likeness (QED) is 0.298. The third-order valence-electron chi connectivity index (χ3n) is 5.87. The number of piperidine rings is 1. The molecule has 1 heterocycles. The smallest absolute Gasteiger partial charge is 0.328 e. The molecule has 1 saturated heterocycles. The molecule has 1 aliphatic rings. The van der Waals surface area contributed by atoms with Crippen LogP contribution in [0.2, 0.25) is 10.0 Å². The summed E-state index contributed by atoms with van der Waals surface area (Å²) < 4.78 is 5.39. The largest absolute Gasteiger partial charge is 0.481 e. The van der Waals surface area contributed by atoms with Crippen LogP contribution in [0.5, 0.6) is 0 Å². The maximum atomic E-state index is 13.2. The van der Waals surface area contributed by atoms with Gasteiger partial charge in [-0.3, -0.25) is 9.59 Å². The van der Waals surface area contributed by atoms with E-state index >= 15 is 0 Å². The number of halogens is 2. The molecule has 0 aromatic heterocycles. The molecular weight excluding hydrogens is 489 g/mol. The molecule has 1 amide bonds. The first-order chi connectivity index (χ1) is 16.8. The topological polar surface area (TPSA) is 83.9 Å². The minimum Gasteiger partial charge on any atom is -0.481 e. The van der Waals surface area contributed by atoms with Crippen molar-refractivity contribution in [1.29, 1.82) is 0 Å². The van der Waals surface area contributed by atoms with Gasteiger partial charge in [0.2, 0.25) is 5.91 Å². The van der Waals surface area contributed by atoms with Crippen LogP contribution in [0.15, 0.2) is 54.6 Å². The second-order valence-corrected chi connectivity index (χ2v) is 9.30. The molecule has 190 valence electrons. The molecular formula is C27H33Cl2NO5. The molecule has 2 aromatic carbocycles. The van der Waals surface area contributed by atoms with E-state index in [0.29, 0.717) is 30.9 Å². The zero-order chi connectivity index (χ0) is 25.8. The van der Waals surface area contributed by atoms with Gasteiger partial charge < -0.3 is 14.7 Å². The predicted molar refractivity (Wildman–Crippen MR) is 137 cm³/mol. The van der Waals surface area contributed by atoms with Gasteiger partial charge in [-0.25, -0.2) is 4.79 Å². The summed E-state index contributed by atoms with van der Waals surface area (Å²) in [5, 5.41) is 10.5. The molecule has 1 fully saturated rings. The van der Waals surface area contributed by atoms with Gasteiger partial charge in [0, 0.05) is 16.0 Å². The van der Waals surface area contributed by atoms with Crippen LogP contribution in [0.3, 0.4) is 0 Å². The van der Waals surface area contributed by atoms with Crippen LogP contribution in [0, 0.1) is 5.92 Å².